The molecule has 0 N–H and O–H groups in total. The van der Waals surface area contributed by atoms with Crippen molar-refractivity contribution in [2.75, 3.05) is 11.4 Å². The number of halogens is 1. The summed E-state index contributed by atoms with van der Waals surface area (Å²) in [6.45, 7) is 10.2. The molecule has 26 heavy (non-hydrogen) atoms. The average molecular weight is 374 g/mol. The van der Waals surface area contributed by atoms with E-state index in [2.05, 4.69) is 35.9 Å². The van der Waals surface area contributed by atoms with Gasteiger partial charge in [0.15, 0.2) is 5.65 Å². The van der Waals surface area contributed by atoms with Crippen molar-refractivity contribution < 1.29 is 0 Å². The molecular weight excluding hydrogens is 350 g/mol. The Morgan fingerprint density at radius 1 is 1.31 bits per heavy atom. The van der Waals surface area contributed by atoms with Crippen LogP contribution in [0.3, 0.4) is 0 Å². The van der Waals surface area contributed by atoms with E-state index in [9.17, 15) is 0 Å². The molecule has 4 rings (SSSR count). The number of nitrogens with zero attached hydrogens (tertiary/aromatic N) is 7. The summed E-state index contributed by atoms with van der Waals surface area (Å²) in [4.78, 5) is 7.12. The van der Waals surface area contributed by atoms with Crippen LogP contribution in [-0.2, 0) is 6.54 Å². The lowest BCUT2D eigenvalue weighted by molar-refractivity contribution is 0.481. The third kappa shape index (κ3) is 2.84. The fourth-order valence-corrected chi connectivity index (χ4v) is 4.23. The second-order valence-electron chi connectivity index (χ2n) is 7.44. The maximum absolute atomic E-state index is 6.74. The summed E-state index contributed by atoms with van der Waals surface area (Å²) in [6, 6.07) is 2.20. The first kappa shape index (κ1) is 17.3. The van der Waals surface area contributed by atoms with E-state index in [0.29, 0.717) is 5.92 Å². The van der Waals surface area contributed by atoms with Crippen molar-refractivity contribution in [1.29, 1.82) is 0 Å². The molecule has 1 fully saturated rings. The van der Waals surface area contributed by atoms with Gasteiger partial charge in [-0.2, -0.15) is 5.10 Å². The molecule has 1 aliphatic heterocycles. The average Bonchev–Trinajstić information content (AvgIpc) is 3.27. The van der Waals surface area contributed by atoms with Gasteiger partial charge in [0.2, 0.25) is 0 Å². The molecule has 0 saturated carbocycles. The highest BCUT2D eigenvalue weighted by Crippen LogP contribution is 2.40. The Kier molecular flexibility index (Phi) is 4.34. The summed E-state index contributed by atoms with van der Waals surface area (Å²) in [5.41, 5.74) is 2.95. The molecule has 0 bridgehead atoms. The Morgan fingerprint density at radius 2 is 2.12 bits per heavy atom. The van der Waals surface area contributed by atoms with Gasteiger partial charge < -0.3 is 4.90 Å². The van der Waals surface area contributed by atoms with Gasteiger partial charge in [-0.05, 0) is 32.6 Å². The van der Waals surface area contributed by atoms with Crippen molar-refractivity contribution in [1.82, 2.24) is 29.4 Å². The second kappa shape index (κ2) is 6.54. The standard InChI is InChI=1S/C18H24ClN7/c1-11(2)9-26-18(19)17(12(3)23-26)14-6-5-7-24(14)15-8-16-22-20-10-25(16)13(4)21-15/h8,10-11,14H,5-7,9H2,1-4H3. The molecule has 0 aliphatic carbocycles. The second-order valence-corrected chi connectivity index (χ2v) is 7.80. The number of hydrogen-bond acceptors (Lipinski definition) is 5. The molecule has 3 aromatic heterocycles. The lowest BCUT2D eigenvalue weighted by Gasteiger charge is -2.26. The van der Waals surface area contributed by atoms with E-state index < -0.39 is 0 Å². The summed E-state index contributed by atoms with van der Waals surface area (Å²) in [7, 11) is 0. The zero-order valence-electron chi connectivity index (χ0n) is 15.6. The smallest absolute Gasteiger partial charge is 0.165 e. The van der Waals surface area contributed by atoms with Gasteiger partial charge >= 0.3 is 0 Å². The van der Waals surface area contributed by atoms with Crippen LogP contribution in [0.1, 0.15) is 49.8 Å². The molecule has 4 heterocycles. The van der Waals surface area contributed by atoms with Crippen LogP contribution in [0.5, 0.6) is 0 Å². The number of rotatable bonds is 4. The van der Waals surface area contributed by atoms with Crippen molar-refractivity contribution >= 4 is 23.1 Å². The summed E-state index contributed by atoms with van der Waals surface area (Å²) in [6.07, 6.45) is 3.85. The van der Waals surface area contributed by atoms with Gasteiger partial charge in [-0.25, -0.2) is 4.98 Å². The Hall–Kier alpha value is -2.15. The van der Waals surface area contributed by atoms with Gasteiger partial charge in [0.05, 0.1) is 11.7 Å². The molecule has 0 radical (unpaired) electrons. The van der Waals surface area contributed by atoms with Crippen LogP contribution in [-0.4, -0.2) is 35.9 Å². The minimum atomic E-state index is 0.195. The van der Waals surface area contributed by atoms with Crippen molar-refractivity contribution in [3.63, 3.8) is 0 Å². The summed E-state index contributed by atoms with van der Waals surface area (Å²) in [5.74, 6) is 2.31. The number of aromatic nitrogens is 6. The molecular formula is C18H24ClN7. The molecule has 8 heteroatoms. The Bertz CT molecular complexity index is 943. The fraction of sp³-hybridized carbons (Fsp3) is 0.556. The van der Waals surface area contributed by atoms with Gasteiger partial charge in [-0.15, -0.1) is 10.2 Å². The lowest BCUT2D eigenvalue weighted by Crippen LogP contribution is -2.24. The van der Waals surface area contributed by atoms with E-state index >= 15 is 0 Å². The molecule has 0 spiro atoms. The quantitative estimate of drug-likeness (QED) is 0.699. The predicted molar refractivity (Wildman–Crippen MR) is 102 cm³/mol. The molecule has 0 amide bonds. The molecule has 3 aromatic rings. The maximum atomic E-state index is 6.74. The van der Waals surface area contributed by atoms with Crippen molar-refractivity contribution in [3.8, 4) is 0 Å². The van der Waals surface area contributed by atoms with Crippen molar-refractivity contribution in [2.24, 2.45) is 5.92 Å². The summed E-state index contributed by atoms with van der Waals surface area (Å²) in [5, 5.41) is 13.6. The van der Waals surface area contributed by atoms with Crippen LogP contribution < -0.4 is 4.90 Å². The molecule has 7 nitrogen and oxygen atoms in total. The van der Waals surface area contributed by atoms with E-state index in [1.54, 1.807) is 6.33 Å². The van der Waals surface area contributed by atoms with E-state index in [-0.39, 0.29) is 6.04 Å². The van der Waals surface area contributed by atoms with Crippen LogP contribution in [0.2, 0.25) is 5.15 Å². The number of anilines is 1. The third-order valence-electron chi connectivity index (χ3n) is 4.99. The largest absolute Gasteiger partial charge is 0.349 e. The first-order valence-electron chi connectivity index (χ1n) is 9.12. The molecule has 138 valence electrons. The van der Waals surface area contributed by atoms with Crippen LogP contribution in [0.4, 0.5) is 5.82 Å². The zero-order valence-corrected chi connectivity index (χ0v) is 16.4. The maximum Gasteiger partial charge on any atom is 0.165 e. The van der Waals surface area contributed by atoms with Gasteiger partial charge in [0, 0.05) is 24.7 Å². The highest BCUT2D eigenvalue weighted by molar-refractivity contribution is 6.30. The van der Waals surface area contributed by atoms with E-state index in [1.807, 2.05) is 22.1 Å². The number of fused-ring (bicyclic) bond motifs is 1. The Morgan fingerprint density at radius 3 is 2.88 bits per heavy atom. The predicted octanol–water partition coefficient (Wildman–Crippen LogP) is 3.59. The summed E-state index contributed by atoms with van der Waals surface area (Å²) < 4.78 is 3.83. The van der Waals surface area contributed by atoms with Gasteiger partial charge in [0.25, 0.3) is 0 Å². The highest BCUT2D eigenvalue weighted by atomic mass is 35.5. The van der Waals surface area contributed by atoms with Crippen LogP contribution in [0.15, 0.2) is 12.4 Å². The molecule has 1 aliphatic rings. The van der Waals surface area contributed by atoms with Gasteiger partial charge in [-0.1, -0.05) is 25.4 Å². The number of hydrogen-bond donors (Lipinski definition) is 0. The SMILES string of the molecule is Cc1nn(CC(C)C)c(Cl)c1C1CCCN1c1cc2nncn2c(C)n1. The van der Waals surface area contributed by atoms with E-state index in [1.165, 1.54) is 0 Å². The van der Waals surface area contributed by atoms with Crippen molar-refractivity contribution in [3.05, 3.63) is 34.6 Å². The van der Waals surface area contributed by atoms with Crippen LogP contribution in [0.25, 0.3) is 5.65 Å². The Balaban J connectivity index is 1.73. The first-order valence-corrected chi connectivity index (χ1v) is 9.50. The molecule has 1 saturated heterocycles. The van der Waals surface area contributed by atoms with Crippen LogP contribution >= 0.6 is 11.6 Å². The van der Waals surface area contributed by atoms with Crippen molar-refractivity contribution in [2.45, 2.75) is 53.1 Å². The van der Waals surface area contributed by atoms with Crippen LogP contribution in [0, 0.1) is 19.8 Å². The first-order chi connectivity index (χ1) is 12.5. The normalized spacial score (nSPS) is 17.8. The molecule has 1 atom stereocenters. The van der Waals surface area contributed by atoms with Gasteiger partial charge in [-0.3, -0.25) is 9.08 Å². The molecule has 0 aromatic carbocycles. The van der Waals surface area contributed by atoms with E-state index in [4.69, 9.17) is 21.7 Å². The Labute approximate surface area is 158 Å². The monoisotopic (exact) mass is 373 g/mol. The zero-order chi connectivity index (χ0) is 18.4. The molecule has 1 unspecified atom stereocenters. The third-order valence-corrected chi connectivity index (χ3v) is 5.38. The minimum Gasteiger partial charge on any atom is -0.349 e. The van der Waals surface area contributed by atoms with E-state index in [0.717, 1.165) is 59.6 Å². The fourth-order valence-electron chi connectivity index (χ4n) is 3.86. The van der Waals surface area contributed by atoms with Gasteiger partial charge in [0.1, 0.15) is 23.1 Å². The topological polar surface area (TPSA) is 64.1 Å². The highest BCUT2D eigenvalue weighted by Gasteiger charge is 2.32. The summed E-state index contributed by atoms with van der Waals surface area (Å²) >= 11 is 6.74. The lowest BCUT2D eigenvalue weighted by atomic mass is 10.1. The minimum absolute atomic E-state index is 0.195. The number of aryl methyl sites for hydroxylation is 2.